The highest BCUT2D eigenvalue weighted by Crippen LogP contribution is 2.34. The maximum Gasteiger partial charge on any atom is 0.124 e. The predicted octanol–water partition coefficient (Wildman–Crippen LogP) is 3.88. The van der Waals surface area contributed by atoms with Crippen molar-refractivity contribution in [2.75, 3.05) is 7.11 Å². The number of benzene rings is 2. The minimum absolute atomic E-state index is 0.649. The van der Waals surface area contributed by atoms with Crippen molar-refractivity contribution in [1.82, 2.24) is 0 Å². The smallest absolute Gasteiger partial charge is 0.124 e. The number of rotatable bonds is 3. The van der Waals surface area contributed by atoms with E-state index in [0.717, 1.165) is 27.5 Å². The number of nitrogens with two attached hydrogens (primary N) is 1. The van der Waals surface area contributed by atoms with Gasteiger partial charge in [0.2, 0.25) is 0 Å². The zero-order valence-corrected chi connectivity index (χ0v) is 12.2. The first-order valence-corrected chi connectivity index (χ1v) is 6.53. The first-order valence-electron chi connectivity index (χ1n) is 6.16. The molecule has 1 atom stereocenters. The molecule has 0 aromatic heterocycles. The van der Waals surface area contributed by atoms with Gasteiger partial charge in [-0.3, -0.25) is 0 Å². The van der Waals surface area contributed by atoms with Crippen LogP contribution < -0.4 is 10.5 Å². The van der Waals surface area contributed by atoms with Crippen LogP contribution >= 0.6 is 11.6 Å². The van der Waals surface area contributed by atoms with Gasteiger partial charge < -0.3 is 10.5 Å². The third-order valence-electron chi connectivity index (χ3n) is 3.44. The van der Waals surface area contributed by atoms with Gasteiger partial charge in [0.25, 0.3) is 0 Å². The maximum absolute atomic E-state index is 6.52. The summed E-state index contributed by atoms with van der Waals surface area (Å²) in [5.41, 5.74) is 8.82. The average Bonchev–Trinajstić information content (AvgIpc) is 2.41. The van der Waals surface area contributed by atoms with E-state index in [1.54, 1.807) is 7.11 Å². The van der Waals surface area contributed by atoms with Crippen molar-refractivity contribution in [3.63, 3.8) is 0 Å². The molecule has 1 unspecified atom stereocenters. The fourth-order valence-electron chi connectivity index (χ4n) is 2.15. The lowest BCUT2D eigenvalue weighted by atomic mass is 9.85. The number of hydrogen-bond acceptors (Lipinski definition) is 2. The van der Waals surface area contributed by atoms with Gasteiger partial charge >= 0.3 is 0 Å². The molecule has 2 nitrogen and oxygen atoms in total. The molecule has 19 heavy (non-hydrogen) atoms. The van der Waals surface area contributed by atoms with E-state index in [-0.39, 0.29) is 0 Å². The van der Waals surface area contributed by atoms with E-state index in [2.05, 4.69) is 0 Å². The highest BCUT2D eigenvalue weighted by atomic mass is 35.5. The van der Waals surface area contributed by atoms with Crippen molar-refractivity contribution in [2.45, 2.75) is 19.4 Å². The molecule has 0 heterocycles. The highest BCUT2D eigenvalue weighted by molar-refractivity contribution is 6.31. The molecule has 0 aliphatic heterocycles. The number of ether oxygens (including phenoxy) is 1. The van der Waals surface area contributed by atoms with Crippen molar-refractivity contribution >= 4 is 11.6 Å². The molecule has 0 amide bonds. The summed E-state index contributed by atoms with van der Waals surface area (Å²) in [6.45, 7) is 3.94. The molecule has 0 radical (unpaired) electrons. The van der Waals surface area contributed by atoms with Crippen molar-refractivity contribution in [2.24, 2.45) is 5.73 Å². The maximum atomic E-state index is 6.52. The Balaban J connectivity index is 2.54. The van der Waals surface area contributed by atoms with E-state index in [1.807, 2.05) is 56.3 Å². The second-order valence-electron chi connectivity index (χ2n) is 4.87. The molecule has 2 aromatic rings. The van der Waals surface area contributed by atoms with Crippen LogP contribution in [-0.4, -0.2) is 7.11 Å². The van der Waals surface area contributed by atoms with Gasteiger partial charge in [-0.05, 0) is 37.1 Å². The van der Waals surface area contributed by atoms with Crippen molar-refractivity contribution < 1.29 is 4.74 Å². The second-order valence-corrected chi connectivity index (χ2v) is 5.27. The zero-order valence-electron chi connectivity index (χ0n) is 11.4. The fraction of sp³-hybridized carbons (Fsp3) is 0.250. The molecule has 0 bridgehead atoms. The summed E-state index contributed by atoms with van der Waals surface area (Å²) in [5.74, 6) is 0.782. The molecule has 2 rings (SSSR count). The Morgan fingerprint density at radius 1 is 1.16 bits per heavy atom. The lowest BCUT2D eigenvalue weighted by molar-refractivity contribution is 0.399. The van der Waals surface area contributed by atoms with Gasteiger partial charge in [-0.15, -0.1) is 0 Å². The third kappa shape index (κ3) is 2.60. The summed E-state index contributed by atoms with van der Waals surface area (Å²) >= 11 is 6.19. The Bertz CT molecular complexity index is 593. The van der Waals surface area contributed by atoms with Crippen LogP contribution in [0, 0.1) is 6.92 Å². The van der Waals surface area contributed by atoms with E-state index >= 15 is 0 Å². The Morgan fingerprint density at radius 2 is 1.84 bits per heavy atom. The topological polar surface area (TPSA) is 35.2 Å². The summed E-state index contributed by atoms with van der Waals surface area (Å²) < 4.78 is 5.39. The molecule has 0 aliphatic carbocycles. The molecule has 0 saturated carbocycles. The van der Waals surface area contributed by atoms with Gasteiger partial charge in [0.05, 0.1) is 12.6 Å². The Labute approximate surface area is 119 Å². The lowest BCUT2D eigenvalue weighted by Crippen LogP contribution is -2.34. The molecular formula is C16H18ClNO. The Kier molecular flexibility index (Phi) is 3.83. The molecule has 0 spiro atoms. The molecule has 0 aliphatic rings. The van der Waals surface area contributed by atoms with E-state index < -0.39 is 5.54 Å². The van der Waals surface area contributed by atoms with Crippen LogP contribution in [0.15, 0.2) is 42.5 Å². The minimum atomic E-state index is -0.649. The summed E-state index contributed by atoms with van der Waals surface area (Å²) in [7, 11) is 1.65. The largest absolute Gasteiger partial charge is 0.496 e. The van der Waals surface area contributed by atoms with E-state index in [0.29, 0.717) is 0 Å². The molecule has 0 fully saturated rings. The first kappa shape index (κ1) is 13.9. The number of methoxy groups -OCH3 is 1. The van der Waals surface area contributed by atoms with Gasteiger partial charge in [0.15, 0.2) is 0 Å². The van der Waals surface area contributed by atoms with Crippen molar-refractivity contribution in [3.05, 3.63) is 64.2 Å². The third-order valence-corrected chi connectivity index (χ3v) is 3.85. The van der Waals surface area contributed by atoms with Gasteiger partial charge in [-0.2, -0.15) is 0 Å². The summed E-state index contributed by atoms with van der Waals surface area (Å²) in [4.78, 5) is 0. The van der Waals surface area contributed by atoms with Crippen LogP contribution in [0.4, 0.5) is 0 Å². The van der Waals surface area contributed by atoms with Crippen molar-refractivity contribution in [1.29, 1.82) is 0 Å². The number of halogens is 1. The molecule has 2 N–H and O–H groups in total. The van der Waals surface area contributed by atoms with Crippen LogP contribution in [0.25, 0.3) is 0 Å². The van der Waals surface area contributed by atoms with Crippen LogP contribution in [-0.2, 0) is 5.54 Å². The molecule has 0 saturated heterocycles. The number of hydrogen-bond donors (Lipinski definition) is 1. The zero-order chi connectivity index (χ0) is 14.0. The predicted molar refractivity (Wildman–Crippen MR) is 79.8 cm³/mol. The van der Waals surface area contributed by atoms with Gasteiger partial charge in [0.1, 0.15) is 5.75 Å². The minimum Gasteiger partial charge on any atom is -0.496 e. The van der Waals surface area contributed by atoms with Crippen LogP contribution in [0.1, 0.15) is 23.6 Å². The molecule has 2 aromatic carbocycles. The summed E-state index contributed by atoms with van der Waals surface area (Å²) in [5, 5.41) is 0.726. The number of para-hydroxylation sites is 1. The first-order chi connectivity index (χ1) is 8.96. The number of aryl methyl sites for hydroxylation is 1. The normalized spacial score (nSPS) is 13.9. The summed E-state index contributed by atoms with van der Waals surface area (Å²) in [6.07, 6.45) is 0. The van der Waals surface area contributed by atoms with Gasteiger partial charge in [-0.1, -0.05) is 41.9 Å². The molecular weight excluding hydrogens is 258 g/mol. The van der Waals surface area contributed by atoms with E-state index in [1.165, 1.54) is 0 Å². The lowest BCUT2D eigenvalue weighted by Gasteiger charge is -2.28. The summed E-state index contributed by atoms with van der Waals surface area (Å²) in [6, 6.07) is 13.7. The quantitative estimate of drug-likeness (QED) is 0.923. The van der Waals surface area contributed by atoms with Crippen LogP contribution in [0.2, 0.25) is 5.02 Å². The van der Waals surface area contributed by atoms with E-state index in [9.17, 15) is 0 Å². The van der Waals surface area contributed by atoms with Crippen LogP contribution in [0.5, 0.6) is 5.75 Å². The van der Waals surface area contributed by atoms with E-state index in [4.69, 9.17) is 22.1 Å². The molecule has 100 valence electrons. The van der Waals surface area contributed by atoms with Crippen molar-refractivity contribution in [3.8, 4) is 5.75 Å². The fourth-order valence-corrected chi connectivity index (χ4v) is 2.33. The second kappa shape index (κ2) is 5.24. The SMILES string of the molecule is COc1ccccc1C(C)(N)c1ccc(C)c(Cl)c1. The average molecular weight is 276 g/mol. The van der Waals surface area contributed by atoms with Gasteiger partial charge in [0, 0.05) is 10.6 Å². The Hall–Kier alpha value is -1.51. The van der Waals surface area contributed by atoms with Gasteiger partial charge in [-0.25, -0.2) is 0 Å². The standard InChI is InChI=1S/C16H18ClNO/c1-11-8-9-12(10-14(11)17)16(2,18)13-6-4-5-7-15(13)19-3/h4-10H,18H2,1-3H3. The Morgan fingerprint density at radius 3 is 2.47 bits per heavy atom. The molecule has 3 heteroatoms. The van der Waals surface area contributed by atoms with Crippen LogP contribution in [0.3, 0.4) is 0 Å². The monoisotopic (exact) mass is 275 g/mol. The highest BCUT2D eigenvalue weighted by Gasteiger charge is 2.27.